The van der Waals surface area contributed by atoms with E-state index in [0.29, 0.717) is 33.6 Å². The number of aryl methyl sites for hydroxylation is 2. The van der Waals surface area contributed by atoms with E-state index in [9.17, 15) is 9.59 Å². The van der Waals surface area contributed by atoms with Crippen molar-refractivity contribution in [3.8, 4) is 5.69 Å². The molecule has 6 rings (SSSR count). The second-order valence-corrected chi connectivity index (χ2v) is 9.71. The minimum atomic E-state index is -0.674. The lowest BCUT2D eigenvalue weighted by Crippen LogP contribution is -2.33. The Labute approximate surface area is 234 Å². The van der Waals surface area contributed by atoms with E-state index in [-0.39, 0.29) is 16.9 Å². The maximum Gasteiger partial charge on any atom is 0.266 e. The van der Waals surface area contributed by atoms with Gasteiger partial charge in [0.1, 0.15) is 11.4 Å². The molecule has 41 heavy (non-hydrogen) atoms. The number of fused-ring (bicyclic) bond motifs is 2. The second kappa shape index (κ2) is 10.2. The van der Waals surface area contributed by atoms with Crippen LogP contribution in [0.15, 0.2) is 77.9 Å². The summed E-state index contributed by atoms with van der Waals surface area (Å²) >= 11 is 0. The Morgan fingerprint density at radius 1 is 1.02 bits per heavy atom. The Kier molecular flexibility index (Phi) is 6.38. The first kappa shape index (κ1) is 25.7. The summed E-state index contributed by atoms with van der Waals surface area (Å²) in [6.07, 6.45) is 7.17. The van der Waals surface area contributed by atoms with Crippen LogP contribution in [0.3, 0.4) is 0 Å². The first-order valence-electron chi connectivity index (χ1n) is 13.0. The van der Waals surface area contributed by atoms with Gasteiger partial charge in [0.15, 0.2) is 11.5 Å². The van der Waals surface area contributed by atoms with Crippen molar-refractivity contribution in [2.45, 2.75) is 19.9 Å². The van der Waals surface area contributed by atoms with Crippen LogP contribution in [-0.4, -0.2) is 39.8 Å². The standard InChI is InChI=1S/C30H27N9O2/c1-18-14-16-32-28-25(26(31)36-39(18)28)29(40)33-19(2)27-34-23-11-7-8-20(12-13-21-15-17-37(3)35-21)24(23)30(41)38(27)22-9-5-4-6-10-22/h4-17,19H,1-3H3,(H2,31,36)(H,33,40). The Balaban J connectivity index is 1.46. The van der Waals surface area contributed by atoms with Crippen LogP contribution in [0.5, 0.6) is 0 Å². The first-order valence-corrected chi connectivity index (χ1v) is 13.0. The lowest BCUT2D eigenvalue weighted by atomic mass is 10.1. The molecule has 0 saturated heterocycles. The molecule has 0 fully saturated rings. The summed E-state index contributed by atoms with van der Waals surface area (Å²) in [5.74, 6) is -0.0380. The summed E-state index contributed by atoms with van der Waals surface area (Å²) < 4.78 is 4.78. The minimum absolute atomic E-state index is 0.0627. The quantitative estimate of drug-likeness (QED) is 0.325. The van der Waals surface area contributed by atoms with E-state index < -0.39 is 11.9 Å². The van der Waals surface area contributed by atoms with Crippen molar-refractivity contribution in [1.29, 1.82) is 0 Å². The molecule has 0 bridgehead atoms. The lowest BCUT2D eigenvalue weighted by molar-refractivity contribution is 0.0940. The molecule has 0 radical (unpaired) electrons. The second-order valence-electron chi connectivity index (χ2n) is 9.71. The molecule has 4 heterocycles. The summed E-state index contributed by atoms with van der Waals surface area (Å²) in [7, 11) is 1.85. The van der Waals surface area contributed by atoms with Gasteiger partial charge in [-0.1, -0.05) is 36.4 Å². The molecule has 2 aromatic carbocycles. The highest BCUT2D eigenvalue weighted by atomic mass is 16.2. The molecule has 1 unspecified atom stereocenters. The average molecular weight is 546 g/mol. The van der Waals surface area contributed by atoms with E-state index in [1.807, 2.05) is 80.9 Å². The number of amides is 1. The Hall–Kier alpha value is -5.58. The van der Waals surface area contributed by atoms with Crippen molar-refractivity contribution >= 4 is 40.4 Å². The SMILES string of the molecule is Cc1ccnc2c(C(=O)NC(C)c3nc4cccc(C=Cc5ccn(C)n5)c4c(=O)n3-c3ccccc3)c(N)nn12. The number of nitrogens with one attached hydrogen (secondary N) is 1. The van der Waals surface area contributed by atoms with E-state index in [1.54, 1.807) is 29.9 Å². The molecule has 3 N–H and O–H groups in total. The van der Waals surface area contributed by atoms with E-state index in [0.717, 1.165) is 11.4 Å². The number of nitrogens with zero attached hydrogens (tertiary/aromatic N) is 7. The van der Waals surface area contributed by atoms with E-state index >= 15 is 0 Å². The molecule has 0 spiro atoms. The third-order valence-corrected chi connectivity index (χ3v) is 6.83. The summed E-state index contributed by atoms with van der Waals surface area (Å²) in [6.45, 7) is 3.62. The zero-order valence-corrected chi connectivity index (χ0v) is 22.7. The van der Waals surface area contributed by atoms with Gasteiger partial charge < -0.3 is 11.1 Å². The number of nitrogens with two attached hydrogens (primary N) is 1. The molecule has 6 aromatic rings. The van der Waals surface area contributed by atoms with Crippen molar-refractivity contribution in [3.05, 3.63) is 112 Å². The lowest BCUT2D eigenvalue weighted by Gasteiger charge is -2.20. The van der Waals surface area contributed by atoms with Gasteiger partial charge >= 0.3 is 0 Å². The largest absolute Gasteiger partial charge is 0.381 e. The number of carbonyl (C=O) groups excluding carboxylic acids is 1. The van der Waals surface area contributed by atoms with E-state index in [1.165, 1.54) is 9.08 Å². The molecule has 204 valence electrons. The highest BCUT2D eigenvalue weighted by Gasteiger charge is 2.25. The normalized spacial score (nSPS) is 12.4. The van der Waals surface area contributed by atoms with Crippen molar-refractivity contribution in [2.75, 3.05) is 5.73 Å². The van der Waals surface area contributed by atoms with Crippen molar-refractivity contribution < 1.29 is 4.79 Å². The average Bonchev–Trinajstić information content (AvgIpc) is 3.54. The number of hydrogen-bond acceptors (Lipinski definition) is 7. The topological polar surface area (TPSA) is 138 Å². The highest BCUT2D eigenvalue weighted by Crippen LogP contribution is 2.23. The van der Waals surface area contributed by atoms with Crippen LogP contribution in [0.4, 0.5) is 5.82 Å². The van der Waals surface area contributed by atoms with Gasteiger partial charge in [-0.2, -0.15) is 5.10 Å². The molecule has 0 aliphatic rings. The highest BCUT2D eigenvalue weighted by molar-refractivity contribution is 6.04. The van der Waals surface area contributed by atoms with Crippen molar-refractivity contribution in [2.24, 2.45) is 7.05 Å². The van der Waals surface area contributed by atoms with Crippen molar-refractivity contribution in [1.82, 2.24) is 39.2 Å². The molecule has 0 aliphatic heterocycles. The van der Waals surface area contributed by atoms with Crippen molar-refractivity contribution in [3.63, 3.8) is 0 Å². The predicted octanol–water partition coefficient (Wildman–Crippen LogP) is 3.71. The molecule has 11 nitrogen and oxygen atoms in total. The zero-order chi connectivity index (χ0) is 28.7. The fraction of sp³-hybridized carbons (Fsp3) is 0.133. The van der Waals surface area contributed by atoms with Gasteiger partial charge in [-0.05, 0) is 55.8 Å². The molecule has 0 saturated carbocycles. The minimum Gasteiger partial charge on any atom is -0.381 e. The number of nitrogen functional groups attached to an aromatic ring is 1. The zero-order valence-electron chi connectivity index (χ0n) is 22.7. The van der Waals surface area contributed by atoms with Gasteiger partial charge in [0.05, 0.1) is 28.3 Å². The molecule has 11 heteroatoms. The van der Waals surface area contributed by atoms with E-state index in [2.05, 4.69) is 20.5 Å². The molecule has 0 aliphatic carbocycles. The number of benzene rings is 2. The molecule has 1 atom stereocenters. The summed E-state index contributed by atoms with van der Waals surface area (Å²) in [5, 5.41) is 12.1. The van der Waals surface area contributed by atoms with Gasteiger partial charge in [0.25, 0.3) is 11.5 Å². The van der Waals surface area contributed by atoms with Crippen LogP contribution in [0, 0.1) is 6.92 Å². The number of aromatic nitrogens is 7. The van der Waals surface area contributed by atoms with Crippen LogP contribution < -0.4 is 16.6 Å². The van der Waals surface area contributed by atoms with Gasteiger partial charge in [0, 0.05) is 25.1 Å². The van der Waals surface area contributed by atoms with Crippen LogP contribution in [0.1, 0.15) is 46.1 Å². The van der Waals surface area contributed by atoms with Gasteiger partial charge in [-0.15, -0.1) is 5.10 Å². The fourth-order valence-corrected chi connectivity index (χ4v) is 4.85. The molecular formula is C30H27N9O2. The predicted molar refractivity (Wildman–Crippen MR) is 157 cm³/mol. The van der Waals surface area contributed by atoms with Crippen LogP contribution in [-0.2, 0) is 7.05 Å². The molecular weight excluding hydrogens is 518 g/mol. The Morgan fingerprint density at radius 3 is 2.59 bits per heavy atom. The summed E-state index contributed by atoms with van der Waals surface area (Å²) in [4.78, 5) is 36.9. The fourth-order valence-electron chi connectivity index (χ4n) is 4.85. The smallest absolute Gasteiger partial charge is 0.266 e. The first-order chi connectivity index (χ1) is 19.8. The summed E-state index contributed by atoms with van der Waals surface area (Å²) in [6, 6.07) is 17.7. The maximum atomic E-state index is 14.2. The molecule has 1 amide bonds. The van der Waals surface area contributed by atoms with E-state index in [4.69, 9.17) is 10.7 Å². The number of rotatable bonds is 6. The number of carbonyl (C=O) groups is 1. The van der Waals surface area contributed by atoms with Crippen LogP contribution in [0.25, 0.3) is 34.4 Å². The molecule has 4 aromatic heterocycles. The third-order valence-electron chi connectivity index (χ3n) is 6.83. The number of hydrogen-bond donors (Lipinski definition) is 2. The van der Waals surface area contributed by atoms with Gasteiger partial charge in [-0.3, -0.25) is 18.8 Å². The Bertz CT molecular complexity index is 2020. The van der Waals surface area contributed by atoms with Gasteiger partial charge in [-0.25, -0.2) is 14.5 Å². The maximum absolute atomic E-state index is 14.2. The number of anilines is 1. The van der Waals surface area contributed by atoms with Crippen LogP contribution >= 0.6 is 0 Å². The third kappa shape index (κ3) is 4.63. The van der Waals surface area contributed by atoms with Gasteiger partial charge in [0.2, 0.25) is 0 Å². The van der Waals surface area contributed by atoms with Crippen LogP contribution in [0.2, 0.25) is 0 Å². The monoisotopic (exact) mass is 545 g/mol. The Morgan fingerprint density at radius 2 is 1.83 bits per heavy atom. The summed E-state index contributed by atoms with van der Waals surface area (Å²) in [5.41, 5.74) is 9.78. The number of para-hydroxylation sites is 1.